The molecule has 0 atom stereocenters. The Balaban J connectivity index is 4.32. The van der Waals surface area contributed by atoms with Gasteiger partial charge in [-0.15, -0.1) is 0 Å². The summed E-state index contributed by atoms with van der Waals surface area (Å²) in [4.78, 5) is 0. The zero-order valence-electron chi connectivity index (χ0n) is 13.0. The van der Waals surface area contributed by atoms with Crippen molar-refractivity contribution in [1.82, 2.24) is 0 Å². The van der Waals surface area contributed by atoms with E-state index in [-0.39, 0.29) is 0 Å². The first-order valence-corrected chi connectivity index (χ1v) is 14.5. The fraction of sp³-hybridized carbons (Fsp3) is 1.00. The molecule has 0 aromatic heterocycles. The second kappa shape index (κ2) is 7.29. The maximum Gasteiger partial charge on any atom is 0.525 e. The van der Waals surface area contributed by atoms with E-state index in [0.29, 0.717) is 12.5 Å². The summed E-state index contributed by atoms with van der Waals surface area (Å²) in [5, 5.41) is 0. The predicted molar refractivity (Wildman–Crippen MR) is 79.5 cm³/mol. The van der Waals surface area contributed by atoms with Crippen LogP contribution in [-0.2, 0) is 22.1 Å². The lowest BCUT2D eigenvalue weighted by molar-refractivity contribution is 0.0973. The SMILES string of the molecule is CO[Si](CO[Si](C)(C)CO[Si](C)(C)C)(OC)OC. The van der Waals surface area contributed by atoms with E-state index in [0.717, 1.165) is 0 Å². The summed E-state index contributed by atoms with van der Waals surface area (Å²) >= 11 is 0. The standard InChI is InChI=1S/C10H28O5Si3/c1-11-18(12-2,13-3)10-15-17(7,8)9-14-16(4,5)6/h9-10H2,1-8H3. The molecule has 0 fully saturated rings. The van der Waals surface area contributed by atoms with E-state index in [1.54, 1.807) is 21.3 Å². The second-order valence-corrected chi connectivity index (χ2v) is 17.2. The molecule has 0 radical (unpaired) electrons. The Kier molecular flexibility index (Phi) is 7.47. The molecule has 0 saturated carbocycles. The van der Waals surface area contributed by atoms with Crippen LogP contribution in [0.2, 0.25) is 32.7 Å². The summed E-state index contributed by atoms with van der Waals surface area (Å²) in [7, 11) is -1.21. The lowest BCUT2D eigenvalue weighted by Crippen LogP contribution is -2.52. The molecule has 0 saturated heterocycles. The van der Waals surface area contributed by atoms with Crippen molar-refractivity contribution in [3.63, 3.8) is 0 Å². The van der Waals surface area contributed by atoms with Gasteiger partial charge in [-0.1, -0.05) is 0 Å². The van der Waals surface area contributed by atoms with Gasteiger partial charge in [0.15, 0.2) is 8.32 Å². The molecular weight excluding hydrogens is 284 g/mol. The molecule has 0 heterocycles. The van der Waals surface area contributed by atoms with Crippen LogP contribution in [0.3, 0.4) is 0 Å². The highest BCUT2D eigenvalue weighted by Gasteiger charge is 2.41. The lowest BCUT2D eigenvalue weighted by atomic mass is 11.7. The normalized spacial score (nSPS) is 14.0. The Morgan fingerprint density at radius 2 is 1.11 bits per heavy atom. The average Bonchev–Trinajstić information content (AvgIpc) is 2.29. The third kappa shape index (κ3) is 7.14. The van der Waals surface area contributed by atoms with Gasteiger partial charge in [-0.2, -0.15) is 0 Å². The Morgan fingerprint density at radius 1 is 0.667 bits per heavy atom. The van der Waals surface area contributed by atoms with E-state index >= 15 is 0 Å². The molecule has 0 rings (SSSR count). The summed E-state index contributed by atoms with van der Waals surface area (Å²) in [6, 6.07) is 0. The van der Waals surface area contributed by atoms with Gasteiger partial charge in [0.05, 0.1) is 6.23 Å². The van der Waals surface area contributed by atoms with Crippen molar-refractivity contribution in [3.8, 4) is 0 Å². The molecule has 8 heteroatoms. The van der Waals surface area contributed by atoms with Crippen LogP contribution in [-0.4, -0.2) is 59.2 Å². The Labute approximate surface area is 114 Å². The van der Waals surface area contributed by atoms with Gasteiger partial charge in [-0.05, 0) is 32.7 Å². The van der Waals surface area contributed by atoms with Crippen molar-refractivity contribution < 1.29 is 22.1 Å². The van der Waals surface area contributed by atoms with E-state index in [1.807, 2.05) is 0 Å². The van der Waals surface area contributed by atoms with Crippen LogP contribution in [0.4, 0.5) is 0 Å². The van der Waals surface area contributed by atoms with Gasteiger partial charge in [0.25, 0.3) is 0 Å². The molecular formula is C10H28O5Si3. The summed E-state index contributed by atoms with van der Waals surface area (Å²) < 4.78 is 27.9. The smallest absolute Gasteiger partial charge is 0.418 e. The van der Waals surface area contributed by atoms with Crippen LogP contribution in [0.15, 0.2) is 0 Å². The van der Waals surface area contributed by atoms with Gasteiger partial charge in [0.1, 0.15) is 6.23 Å². The van der Waals surface area contributed by atoms with Crippen molar-refractivity contribution in [1.29, 1.82) is 0 Å². The molecule has 0 bridgehead atoms. The minimum atomic E-state index is -2.63. The Hall–Kier alpha value is 0.451. The molecule has 0 aliphatic carbocycles. The average molecular weight is 313 g/mol. The fourth-order valence-electron chi connectivity index (χ4n) is 1.14. The lowest BCUT2D eigenvalue weighted by Gasteiger charge is -2.31. The summed E-state index contributed by atoms with van der Waals surface area (Å²) in [5.74, 6) is 0. The molecule has 0 N–H and O–H groups in total. The molecule has 110 valence electrons. The minimum absolute atomic E-state index is 0.380. The third-order valence-corrected chi connectivity index (χ3v) is 8.14. The van der Waals surface area contributed by atoms with Crippen LogP contribution in [0.5, 0.6) is 0 Å². The molecule has 0 amide bonds. The molecule has 0 aromatic carbocycles. The zero-order chi connectivity index (χ0) is 14.4. The van der Waals surface area contributed by atoms with E-state index in [4.69, 9.17) is 22.1 Å². The highest BCUT2D eigenvalue weighted by Crippen LogP contribution is 2.14. The number of hydrogen-bond donors (Lipinski definition) is 0. The molecule has 0 aliphatic heterocycles. The van der Waals surface area contributed by atoms with Gasteiger partial charge in [0.2, 0.25) is 8.32 Å². The van der Waals surface area contributed by atoms with Gasteiger partial charge in [0, 0.05) is 21.3 Å². The van der Waals surface area contributed by atoms with Crippen LogP contribution < -0.4 is 0 Å². The van der Waals surface area contributed by atoms with Crippen LogP contribution in [0.1, 0.15) is 0 Å². The van der Waals surface area contributed by atoms with Gasteiger partial charge >= 0.3 is 8.80 Å². The minimum Gasteiger partial charge on any atom is -0.418 e. The highest BCUT2D eigenvalue weighted by molar-refractivity contribution is 6.75. The van der Waals surface area contributed by atoms with Gasteiger partial charge < -0.3 is 22.1 Å². The van der Waals surface area contributed by atoms with Crippen molar-refractivity contribution in [2.24, 2.45) is 0 Å². The first-order chi connectivity index (χ1) is 8.10. The van der Waals surface area contributed by atoms with Crippen LogP contribution in [0.25, 0.3) is 0 Å². The monoisotopic (exact) mass is 312 g/mol. The van der Waals surface area contributed by atoms with E-state index in [2.05, 4.69) is 32.7 Å². The predicted octanol–water partition coefficient (Wildman–Crippen LogP) is 2.02. The maximum absolute atomic E-state index is 5.99. The summed E-state index contributed by atoms with van der Waals surface area (Å²) in [6.45, 7) is 10.8. The topological polar surface area (TPSA) is 46.2 Å². The van der Waals surface area contributed by atoms with E-state index < -0.39 is 25.4 Å². The van der Waals surface area contributed by atoms with E-state index in [9.17, 15) is 0 Å². The van der Waals surface area contributed by atoms with Gasteiger partial charge in [-0.25, -0.2) is 0 Å². The second-order valence-electron chi connectivity index (χ2n) is 5.74. The van der Waals surface area contributed by atoms with Gasteiger partial charge in [-0.3, -0.25) is 0 Å². The number of hydrogen-bond acceptors (Lipinski definition) is 5. The summed E-state index contributed by atoms with van der Waals surface area (Å²) in [5.41, 5.74) is 0. The Morgan fingerprint density at radius 3 is 1.44 bits per heavy atom. The molecule has 5 nitrogen and oxygen atoms in total. The number of rotatable bonds is 9. The first kappa shape index (κ1) is 18.5. The van der Waals surface area contributed by atoms with E-state index in [1.165, 1.54) is 0 Å². The molecule has 0 unspecified atom stereocenters. The maximum atomic E-state index is 5.99. The van der Waals surface area contributed by atoms with Crippen LogP contribution >= 0.6 is 0 Å². The quantitative estimate of drug-likeness (QED) is 0.610. The van der Waals surface area contributed by atoms with Crippen molar-refractivity contribution in [3.05, 3.63) is 0 Å². The van der Waals surface area contributed by atoms with Crippen molar-refractivity contribution >= 4 is 25.4 Å². The van der Waals surface area contributed by atoms with Crippen LogP contribution in [0, 0.1) is 0 Å². The zero-order valence-corrected chi connectivity index (χ0v) is 16.0. The fourth-order valence-corrected chi connectivity index (χ4v) is 7.47. The summed E-state index contributed by atoms with van der Waals surface area (Å²) in [6.07, 6.45) is 1.08. The molecule has 18 heavy (non-hydrogen) atoms. The third-order valence-electron chi connectivity index (χ3n) is 2.43. The molecule has 0 aliphatic rings. The van der Waals surface area contributed by atoms with Crippen molar-refractivity contribution in [2.45, 2.75) is 32.7 Å². The van der Waals surface area contributed by atoms with Crippen molar-refractivity contribution in [2.75, 3.05) is 33.8 Å². The molecule has 0 aromatic rings. The first-order valence-electron chi connectivity index (χ1n) is 6.03. The largest absolute Gasteiger partial charge is 0.525 e. The highest BCUT2D eigenvalue weighted by atomic mass is 28.4. The molecule has 0 spiro atoms. The Bertz CT molecular complexity index is 230.